The molecule has 1 heterocycles. The first-order valence-corrected chi connectivity index (χ1v) is 7.77. The van der Waals surface area contributed by atoms with Crippen LogP contribution in [0.15, 0.2) is 52.7 Å². The number of ether oxygens (including phenoxy) is 2. The van der Waals surface area contributed by atoms with Crippen LogP contribution in [-0.2, 0) is 16.0 Å². The first kappa shape index (κ1) is 18.3. The van der Waals surface area contributed by atoms with Crippen molar-refractivity contribution in [3.05, 3.63) is 65.3 Å². The summed E-state index contributed by atoms with van der Waals surface area (Å²) in [6.45, 7) is 3.89. The quantitative estimate of drug-likeness (QED) is 0.358. The van der Waals surface area contributed by atoms with Crippen LogP contribution in [-0.4, -0.2) is 30.1 Å². The van der Waals surface area contributed by atoms with Gasteiger partial charge >= 0.3 is 5.97 Å². The van der Waals surface area contributed by atoms with Crippen molar-refractivity contribution in [2.75, 3.05) is 7.11 Å². The largest absolute Gasteiger partial charge is 0.502 e. The van der Waals surface area contributed by atoms with Gasteiger partial charge < -0.3 is 19.0 Å². The molecule has 6 heteroatoms. The van der Waals surface area contributed by atoms with Crippen LogP contribution in [0.2, 0.25) is 0 Å². The minimum Gasteiger partial charge on any atom is -0.502 e. The van der Waals surface area contributed by atoms with Crippen molar-refractivity contribution in [1.82, 2.24) is 0 Å². The van der Waals surface area contributed by atoms with E-state index in [2.05, 4.69) is 4.74 Å². The summed E-state index contributed by atoms with van der Waals surface area (Å²) in [5.74, 6) is -1.05. The fraction of sp³-hybridized carbons (Fsp3) is 0.263. The maximum atomic E-state index is 12.0. The van der Waals surface area contributed by atoms with Crippen LogP contribution < -0.4 is 4.74 Å². The van der Waals surface area contributed by atoms with Crippen LogP contribution in [0.1, 0.15) is 35.7 Å². The Morgan fingerprint density at radius 2 is 1.92 bits per heavy atom. The number of hydrogen-bond acceptors (Lipinski definition) is 6. The summed E-state index contributed by atoms with van der Waals surface area (Å²) in [6, 6.07) is 10.7. The monoisotopic (exact) mass is 344 g/mol. The lowest BCUT2D eigenvalue weighted by molar-refractivity contribution is -0.139. The molecule has 0 fully saturated rings. The molecule has 1 N–H and O–H groups in total. The zero-order valence-electron chi connectivity index (χ0n) is 14.3. The van der Waals surface area contributed by atoms with Gasteiger partial charge in [-0.25, -0.2) is 4.79 Å². The lowest BCUT2D eigenvalue weighted by atomic mass is 10.1. The molecule has 0 saturated heterocycles. The van der Waals surface area contributed by atoms with Gasteiger partial charge in [0.15, 0.2) is 5.76 Å². The van der Waals surface area contributed by atoms with Gasteiger partial charge in [-0.05, 0) is 32.0 Å². The zero-order chi connectivity index (χ0) is 18.4. The average molecular weight is 344 g/mol. The molecule has 25 heavy (non-hydrogen) atoms. The molecule has 0 radical (unpaired) electrons. The Morgan fingerprint density at radius 3 is 2.60 bits per heavy atom. The maximum Gasteiger partial charge on any atom is 0.373 e. The predicted molar refractivity (Wildman–Crippen MR) is 90.8 cm³/mol. The Kier molecular flexibility index (Phi) is 6.00. The number of aliphatic hydroxyl groups is 1. The van der Waals surface area contributed by atoms with E-state index in [-0.39, 0.29) is 11.9 Å². The number of esters is 1. The van der Waals surface area contributed by atoms with Gasteiger partial charge in [0.1, 0.15) is 11.5 Å². The number of furan rings is 1. The Balaban J connectivity index is 2.15. The third-order valence-electron chi connectivity index (χ3n) is 3.27. The fourth-order valence-corrected chi connectivity index (χ4v) is 2.17. The molecule has 0 aliphatic rings. The normalized spacial score (nSPS) is 11.4. The molecular formula is C19H20O6. The van der Waals surface area contributed by atoms with E-state index in [0.717, 1.165) is 24.5 Å². The van der Waals surface area contributed by atoms with E-state index in [1.54, 1.807) is 6.07 Å². The van der Waals surface area contributed by atoms with Crippen LogP contribution in [0.3, 0.4) is 0 Å². The van der Waals surface area contributed by atoms with E-state index in [0.29, 0.717) is 12.2 Å². The summed E-state index contributed by atoms with van der Waals surface area (Å²) < 4.78 is 15.6. The number of allylic oxidation sites excluding steroid dienone is 1. The van der Waals surface area contributed by atoms with E-state index >= 15 is 0 Å². The smallest absolute Gasteiger partial charge is 0.373 e. The van der Waals surface area contributed by atoms with Gasteiger partial charge in [-0.2, -0.15) is 0 Å². The van der Waals surface area contributed by atoms with Crippen LogP contribution in [0.5, 0.6) is 5.75 Å². The molecule has 0 amide bonds. The molecule has 6 nitrogen and oxygen atoms in total. The lowest BCUT2D eigenvalue weighted by Crippen LogP contribution is -2.07. The number of carbonyl (C=O) groups is 2. The van der Waals surface area contributed by atoms with Crippen molar-refractivity contribution in [2.24, 2.45) is 0 Å². The van der Waals surface area contributed by atoms with Crippen molar-refractivity contribution in [3.8, 4) is 5.75 Å². The van der Waals surface area contributed by atoms with Crippen molar-refractivity contribution in [1.29, 1.82) is 0 Å². The van der Waals surface area contributed by atoms with Crippen molar-refractivity contribution >= 4 is 11.8 Å². The topological polar surface area (TPSA) is 86.0 Å². The minimum absolute atomic E-state index is 0.0210. The lowest BCUT2D eigenvalue weighted by Gasteiger charge is -2.13. The fourth-order valence-electron chi connectivity index (χ4n) is 2.17. The third-order valence-corrected chi connectivity index (χ3v) is 3.27. The van der Waals surface area contributed by atoms with Crippen molar-refractivity contribution < 1.29 is 28.6 Å². The van der Waals surface area contributed by atoms with Crippen LogP contribution in [0.4, 0.5) is 0 Å². The third kappa shape index (κ3) is 4.97. The van der Waals surface area contributed by atoms with Gasteiger partial charge in [0.05, 0.1) is 13.2 Å². The SMILES string of the molecule is COC(=O)C(O)=CC(=O)c1ccc(Cc2ccccc2OC(C)C)o1. The summed E-state index contributed by atoms with van der Waals surface area (Å²) in [7, 11) is 1.11. The summed E-state index contributed by atoms with van der Waals surface area (Å²) >= 11 is 0. The van der Waals surface area contributed by atoms with Crippen molar-refractivity contribution in [2.45, 2.75) is 26.4 Å². The zero-order valence-corrected chi connectivity index (χ0v) is 14.3. The molecule has 0 unspecified atom stereocenters. The number of aliphatic hydroxyl groups excluding tert-OH is 1. The Hall–Kier alpha value is -3.02. The van der Waals surface area contributed by atoms with Crippen LogP contribution >= 0.6 is 0 Å². The second-order valence-corrected chi connectivity index (χ2v) is 5.60. The van der Waals surface area contributed by atoms with Gasteiger partial charge in [0, 0.05) is 18.1 Å². The molecule has 0 aliphatic heterocycles. The maximum absolute atomic E-state index is 12.0. The Labute approximate surface area is 145 Å². The first-order valence-electron chi connectivity index (χ1n) is 7.77. The van der Waals surface area contributed by atoms with Gasteiger partial charge in [-0.15, -0.1) is 0 Å². The molecule has 1 aromatic heterocycles. The number of rotatable bonds is 7. The standard InChI is InChI=1S/C19H20O6/c1-12(2)24-17-7-5-4-6-13(17)10-14-8-9-18(25-14)15(20)11-16(21)19(22)23-3/h4-9,11-12,21H,10H2,1-3H3. The highest BCUT2D eigenvalue weighted by Gasteiger charge is 2.15. The Bertz CT molecular complexity index is 785. The Morgan fingerprint density at radius 1 is 1.20 bits per heavy atom. The minimum atomic E-state index is -0.986. The van der Waals surface area contributed by atoms with Crippen molar-refractivity contribution in [3.63, 3.8) is 0 Å². The molecule has 0 atom stereocenters. The summed E-state index contributed by atoms with van der Waals surface area (Å²) in [5.41, 5.74) is 0.928. The van der Waals surface area contributed by atoms with E-state index in [4.69, 9.17) is 9.15 Å². The molecule has 132 valence electrons. The highest BCUT2D eigenvalue weighted by Crippen LogP contribution is 2.23. The number of ketones is 1. The summed E-state index contributed by atoms with van der Waals surface area (Å²) in [5, 5.41) is 9.42. The summed E-state index contributed by atoms with van der Waals surface area (Å²) in [6.07, 6.45) is 1.26. The van der Waals surface area contributed by atoms with E-state index in [1.165, 1.54) is 6.07 Å². The number of methoxy groups -OCH3 is 1. The highest BCUT2D eigenvalue weighted by atomic mass is 16.5. The molecule has 2 rings (SSSR count). The van der Waals surface area contributed by atoms with E-state index < -0.39 is 17.5 Å². The number of carbonyl (C=O) groups excluding carboxylic acids is 2. The molecular weight excluding hydrogens is 324 g/mol. The average Bonchev–Trinajstić information content (AvgIpc) is 3.04. The number of benzene rings is 1. The highest BCUT2D eigenvalue weighted by molar-refractivity contribution is 6.06. The van der Waals surface area contributed by atoms with E-state index in [1.807, 2.05) is 38.1 Å². The predicted octanol–water partition coefficient (Wildman–Crippen LogP) is 3.46. The second kappa shape index (κ2) is 8.19. The van der Waals surface area contributed by atoms with Gasteiger partial charge in [-0.1, -0.05) is 18.2 Å². The second-order valence-electron chi connectivity index (χ2n) is 5.60. The molecule has 0 bridgehead atoms. The van der Waals surface area contributed by atoms with E-state index in [9.17, 15) is 14.7 Å². The van der Waals surface area contributed by atoms with Gasteiger partial charge in [-0.3, -0.25) is 4.79 Å². The van der Waals surface area contributed by atoms with Gasteiger partial charge in [0.25, 0.3) is 0 Å². The molecule has 0 aliphatic carbocycles. The summed E-state index contributed by atoms with van der Waals surface area (Å²) in [4.78, 5) is 23.1. The molecule has 1 aromatic carbocycles. The van der Waals surface area contributed by atoms with Crippen LogP contribution in [0, 0.1) is 0 Å². The number of hydrogen-bond donors (Lipinski definition) is 1. The molecule has 0 spiro atoms. The number of para-hydroxylation sites is 1. The van der Waals surface area contributed by atoms with Gasteiger partial charge in [0.2, 0.25) is 11.5 Å². The van der Waals surface area contributed by atoms with Crippen LogP contribution in [0.25, 0.3) is 0 Å². The first-order chi connectivity index (χ1) is 11.9. The molecule has 2 aromatic rings. The molecule has 0 saturated carbocycles.